The second-order valence-electron chi connectivity index (χ2n) is 4.91. The lowest BCUT2D eigenvalue weighted by molar-refractivity contribution is 0.317. The smallest absolute Gasteiger partial charge is 0.191 e. The zero-order chi connectivity index (χ0) is 15.6. The van der Waals surface area contributed by atoms with Crippen molar-refractivity contribution in [2.24, 2.45) is 4.99 Å². The van der Waals surface area contributed by atoms with E-state index in [0.29, 0.717) is 6.54 Å². The number of aliphatic imine (C=N–C) groups is 1. The van der Waals surface area contributed by atoms with E-state index in [0.717, 1.165) is 31.3 Å². The van der Waals surface area contributed by atoms with Crippen molar-refractivity contribution in [3.8, 4) is 5.75 Å². The fourth-order valence-electron chi connectivity index (χ4n) is 1.95. The fourth-order valence-corrected chi connectivity index (χ4v) is 2.62. The molecule has 2 aromatic rings. The summed E-state index contributed by atoms with van der Waals surface area (Å²) < 4.78 is 5.65. The summed E-state index contributed by atoms with van der Waals surface area (Å²) in [5, 5.41) is 10.8. The molecule has 6 heteroatoms. The van der Waals surface area contributed by atoms with Crippen molar-refractivity contribution in [2.45, 2.75) is 26.4 Å². The molecule has 0 bridgehead atoms. The van der Waals surface area contributed by atoms with E-state index >= 15 is 0 Å². The Morgan fingerprint density at radius 1 is 1.17 bits per heavy atom. The molecule has 2 rings (SSSR count). The minimum Gasteiger partial charge on any atom is -0.494 e. The third-order valence-corrected chi connectivity index (χ3v) is 3.83. The molecule has 0 spiro atoms. The maximum absolute atomic E-state index is 5.65. The van der Waals surface area contributed by atoms with Gasteiger partial charge < -0.3 is 15.4 Å². The van der Waals surface area contributed by atoms with E-state index in [-0.39, 0.29) is 24.0 Å². The Morgan fingerprint density at radius 2 is 1.96 bits per heavy atom. The lowest BCUT2D eigenvalue weighted by Gasteiger charge is -2.12. The Labute approximate surface area is 159 Å². The van der Waals surface area contributed by atoms with E-state index in [1.54, 1.807) is 18.4 Å². The van der Waals surface area contributed by atoms with Crippen LogP contribution in [0.15, 0.2) is 46.1 Å². The Morgan fingerprint density at radius 3 is 2.61 bits per heavy atom. The minimum absolute atomic E-state index is 0. The summed E-state index contributed by atoms with van der Waals surface area (Å²) in [6.07, 6.45) is 1.02. The highest BCUT2D eigenvalue weighted by atomic mass is 127. The topological polar surface area (TPSA) is 45.6 Å². The van der Waals surface area contributed by atoms with Gasteiger partial charge in [0.2, 0.25) is 0 Å². The number of guanidine groups is 1. The van der Waals surface area contributed by atoms with Gasteiger partial charge in [-0.2, -0.15) is 11.3 Å². The molecule has 0 amide bonds. The van der Waals surface area contributed by atoms with Crippen LogP contribution in [-0.2, 0) is 13.1 Å². The van der Waals surface area contributed by atoms with Crippen LogP contribution in [0.2, 0.25) is 0 Å². The number of rotatable bonds is 7. The standard InChI is InChI=1S/C17H23N3OS.HI/c1-3-8-21-16-6-4-5-14(10-16)11-19-17(18-2)20-12-15-7-9-22-13-15;/h4-7,9-10,13H,3,8,11-12H2,1-2H3,(H2,18,19,20);1H. The minimum atomic E-state index is 0. The number of nitrogens with one attached hydrogen (secondary N) is 2. The molecule has 1 aromatic heterocycles. The molecular weight excluding hydrogens is 421 g/mol. The van der Waals surface area contributed by atoms with Crippen molar-refractivity contribution in [3.63, 3.8) is 0 Å². The van der Waals surface area contributed by atoms with Crippen molar-refractivity contribution in [1.82, 2.24) is 10.6 Å². The van der Waals surface area contributed by atoms with E-state index < -0.39 is 0 Å². The summed E-state index contributed by atoms with van der Waals surface area (Å²) in [6, 6.07) is 10.3. The Hall–Kier alpha value is -1.28. The molecule has 0 aliphatic rings. The number of hydrogen-bond donors (Lipinski definition) is 2. The highest BCUT2D eigenvalue weighted by molar-refractivity contribution is 14.0. The first-order valence-corrected chi connectivity index (χ1v) is 8.43. The normalized spacial score (nSPS) is 10.8. The van der Waals surface area contributed by atoms with Gasteiger partial charge >= 0.3 is 0 Å². The van der Waals surface area contributed by atoms with E-state index in [1.807, 2.05) is 12.1 Å². The predicted molar refractivity (Wildman–Crippen MR) is 109 cm³/mol. The first-order chi connectivity index (χ1) is 10.8. The van der Waals surface area contributed by atoms with Gasteiger partial charge in [0.25, 0.3) is 0 Å². The lowest BCUT2D eigenvalue weighted by atomic mass is 10.2. The SMILES string of the molecule is CCCOc1cccc(CNC(=NC)NCc2ccsc2)c1.I. The van der Waals surface area contributed by atoms with Crippen LogP contribution in [0.3, 0.4) is 0 Å². The van der Waals surface area contributed by atoms with E-state index in [2.05, 4.69) is 51.5 Å². The number of thiophene rings is 1. The van der Waals surface area contributed by atoms with Gasteiger partial charge in [-0.25, -0.2) is 0 Å². The van der Waals surface area contributed by atoms with Crippen molar-refractivity contribution in [3.05, 3.63) is 52.2 Å². The van der Waals surface area contributed by atoms with E-state index in [1.165, 1.54) is 11.1 Å². The molecule has 126 valence electrons. The van der Waals surface area contributed by atoms with Gasteiger partial charge in [0.05, 0.1) is 6.61 Å². The van der Waals surface area contributed by atoms with Gasteiger partial charge in [-0.15, -0.1) is 24.0 Å². The van der Waals surface area contributed by atoms with Crippen LogP contribution < -0.4 is 15.4 Å². The van der Waals surface area contributed by atoms with Crippen molar-refractivity contribution in [2.75, 3.05) is 13.7 Å². The van der Waals surface area contributed by atoms with Gasteiger partial charge in [-0.1, -0.05) is 19.1 Å². The molecule has 0 unspecified atom stereocenters. The predicted octanol–water partition coefficient (Wildman–Crippen LogP) is 4.02. The fraction of sp³-hybridized carbons (Fsp3) is 0.353. The molecule has 0 aliphatic carbocycles. The zero-order valence-corrected chi connectivity index (χ0v) is 16.7. The monoisotopic (exact) mass is 445 g/mol. The molecule has 0 atom stereocenters. The maximum atomic E-state index is 5.65. The van der Waals surface area contributed by atoms with Gasteiger partial charge in [0, 0.05) is 20.1 Å². The largest absolute Gasteiger partial charge is 0.494 e. The number of benzene rings is 1. The quantitative estimate of drug-likeness (QED) is 0.385. The molecule has 4 nitrogen and oxygen atoms in total. The lowest BCUT2D eigenvalue weighted by Crippen LogP contribution is -2.36. The molecule has 1 aromatic carbocycles. The van der Waals surface area contributed by atoms with Crippen LogP contribution in [0.5, 0.6) is 5.75 Å². The third kappa shape index (κ3) is 7.22. The average molecular weight is 445 g/mol. The second-order valence-corrected chi connectivity index (χ2v) is 5.69. The number of hydrogen-bond acceptors (Lipinski definition) is 3. The summed E-state index contributed by atoms with van der Waals surface area (Å²) in [6.45, 7) is 4.35. The van der Waals surface area contributed by atoms with Gasteiger partial charge in [0.15, 0.2) is 5.96 Å². The van der Waals surface area contributed by atoms with Crippen molar-refractivity contribution >= 4 is 41.3 Å². The molecule has 0 aliphatic heterocycles. The highest BCUT2D eigenvalue weighted by Gasteiger charge is 2.01. The van der Waals surface area contributed by atoms with Crippen molar-refractivity contribution < 1.29 is 4.74 Å². The van der Waals surface area contributed by atoms with Crippen LogP contribution in [0.1, 0.15) is 24.5 Å². The van der Waals surface area contributed by atoms with Crippen LogP contribution >= 0.6 is 35.3 Å². The molecular formula is C17H24IN3OS. The third-order valence-electron chi connectivity index (χ3n) is 3.09. The zero-order valence-electron chi connectivity index (χ0n) is 13.5. The molecule has 0 saturated heterocycles. The van der Waals surface area contributed by atoms with Crippen LogP contribution in [0.4, 0.5) is 0 Å². The van der Waals surface area contributed by atoms with Gasteiger partial charge in [-0.3, -0.25) is 4.99 Å². The summed E-state index contributed by atoms with van der Waals surface area (Å²) in [5.74, 6) is 1.72. The molecule has 0 fully saturated rings. The average Bonchev–Trinajstić information content (AvgIpc) is 3.07. The number of halogens is 1. The number of nitrogens with zero attached hydrogens (tertiary/aromatic N) is 1. The van der Waals surface area contributed by atoms with Gasteiger partial charge in [0.1, 0.15) is 5.75 Å². The van der Waals surface area contributed by atoms with E-state index in [4.69, 9.17) is 4.74 Å². The van der Waals surface area contributed by atoms with Crippen LogP contribution in [0.25, 0.3) is 0 Å². The Bertz CT molecular complexity index is 587. The van der Waals surface area contributed by atoms with Crippen LogP contribution in [-0.4, -0.2) is 19.6 Å². The summed E-state index contributed by atoms with van der Waals surface area (Å²) >= 11 is 1.70. The maximum Gasteiger partial charge on any atom is 0.191 e. The van der Waals surface area contributed by atoms with Crippen molar-refractivity contribution in [1.29, 1.82) is 0 Å². The first-order valence-electron chi connectivity index (χ1n) is 7.49. The molecule has 1 heterocycles. The summed E-state index contributed by atoms with van der Waals surface area (Å²) in [4.78, 5) is 4.24. The molecule has 2 N–H and O–H groups in total. The first kappa shape index (κ1) is 19.8. The van der Waals surface area contributed by atoms with Gasteiger partial charge in [-0.05, 0) is 46.5 Å². The Kier molecular flexibility index (Phi) is 9.70. The van der Waals surface area contributed by atoms with E-state index in [9.17, 15) is 0 Å². The highest BCUT2D eigenvalue weighted by Crippen LogP contribution is 2.13. The molecule has 0 radical (unpaired) electrons. The second kappa shape index (κ2) is 11.3. The molecule has 0 saturated carbocycles. The van der Waals surface area contributed by atoms with Crippen LogP contribution in [0, 0.1) is 0 Å². The summed E-state index contributed by atoms with van der Waals surface area (Å²) in [7, 11) is 1.78. The number of ether oxygens (including phenoxy) is 1. The molecule has 23 heavy (non-hydrogen) atoms. The summed E-state index contributed by atoms with van der Waals surface area (Å²) in [5.41, 5.74) is 2.44. The Balaban J connectivity index is 0.00000264.